The molecule has 0 unspecified atom stereocenters. The van der Waals surface area contributed by atoms with Crippen LogP contribution in [-0.4, -0.2) is 27.6 Å². The van der Waals surface area contributed by atoms with E-state index in [0.717, 1.165) is 18.5 Å². The number of nitrogens with zero attached hydrogens (tertiary/aromatic N) is 2. The Hall–Kier alpha value is -2.14. The number of carboxylic acid groups (broad SMARTS) is 1. The van der Waals surface area contributed by atoms with Crippen molar-refractivity contribution in [3.63, 3.8) is 0 Å². The molecule has 1 aromatic heterocycles. The van der Waals surface area contributed by atoms with Gasteiger partial charge in [0.1, 0.15) is 11.6 Å². The first-order valence-corrected chi connectivity index (χ1v) is 7.06. The number of aromatic nitrogens is 2. The number of nitrogens with one attached hydrogen (secondary N) is 1. The smallest absolute Gasteiger partial charge is 0.354 e. The molecule has 1 heterocycles. The SMILES string of the molecule is CCCNc1cc(C(=O)O)nc(Cc2cccc(Cl)c2)n1. The van der Waals surface area contributed by atoms with E-state index in [2.05, 4.69) is 15.3 Å². The van der Waals surface area contributed by atoms with Gasteiger partial charge >= 0.3 is 5.97 Å². The summed E-state index contributed by atoms with van der Waals surface area (Å²) in [6, 6.07) is 8.79. The Morgan fingerprint density at radius 3 is 2.81 bits per heavy atom. The van der Waals surface area contributed by atoms with Gasteiger partial charge in [-0.05, 0) is 24.1 Å². The molecule has 0 saturated carbocycles. The van der Waals surface area contributed by atoms with Crippen molar-refractivity contribution in [3.8, 4) is 0 Å². The Balaban J connectivity index is 2.28. The summed E-state index contributed by atoms with van der Waals surface area (Å²) in [4.78, 5) is 19.6. The van der Waals surface area contributed by atoms with Gasteiger partial charge < -0.3 is 10.4 Å². The van der Waals surface area contributed by atoms with Gasteiger partial charge in [0.2, 0.25) is 0 Å². The predicted octanol–water partition coefficient (Wildman–Crippen LogP) is 3.24. The maximum atomic E-state index is 11.1. The van der Waals surface area contributed by atoms with Crippen molar-refractivity contribution in [3.05, 3.63) is 52.4 Å². The summed E-state index contributed by atoms with van der Waals surface area (Å²) < 4.78 is 0. The average molecular weight is 306 g/mol. The number of hydrogen-bond donors (Lipinski definition) is 2. The molecule has 6 heteroatoms. The molecule has 0 radical (unpaired) electrons. The van der Waals surface area contributed by atoms with Crippen LogP contribution in [0.3, 0.4) is 0 Å². The Morgan fingerprint density at radius 1 is 1.33 bits per heavy atom. The maximum absolute atomic E-state index is 11.1. The number of halogens is 1. The molecule has 110 valence electrons. The molecule has 0 aliphatic rings. The molecular formula is C15H16ClN3O2. The zero-order valence-corrected chi connectivity index (χ0v) is 12.4. The number of carbonyl (C=O) groups is 1. The van der Waals surface area contributed by atoms with Gasteiger partial charge in [-0.15, -0.1) is 0 Å². The third-order valence-electron chi connectivity index (χ3n) is 2.80. The molecule has 0 atom stereocenters. The Labute approximate surface area is 128 Å². The first-order chi connectivity index (χ1) is 10.1. The fraction of sp³-hybridized carbons (Fsp3) is 0.267. The first-order valence-electron chi connectivity index (χ1n) is 6.68. The average Bonchev–Trinajstić information content (AvgIpc) is 2.45. The van der Waals surface area contributed by atoms with E-state index in [-0.39, 0.29) is 5.69 Å². The lowest BCUT2D eigenvalue weighted by Gasteiger charge is -2.08. The third kappa shape index (κ3) is 4.43. The molecule has 1 aromatic carbocycles. The quantitative estimate of drug-likeness (QED) is 0.857. The largest absolute Gasteiger partial charge is 0.477 e. The van der Waals surface area contributed by atoms with Crippen LogP contribution in [0.4, 0.5) is 5.82 Å². The Morgan fingerprint density at radius 2 is 2.14 bits per heavy atom. The van der Waals surface area contributed by atoms with Gasteiger partial charge in [0.25, 0.3) is 0 Å². The number of carboxylic acids is 1. The van der Waals surface area contributed by atoms with Crippen LogP contribution < -0.4 is 5.32 Å². The van der Waals surface area contributed by atoms with E-state index in [1.54, 1.807) is 6.07 Å². The molecule has 2 rings (SSSR count). The van der Waals surface area contributed by atoms with E-state index in [1.807, 2.05) is 25.1 Å². The maximum Gasteiger partial charge on any atom is 0.354 e. The van der Waals surface area contributed by atoms with E-state index >= 15 is 0 Å². The summed E-state index contributed by atoms with van der Waals surface area (Å²) >= 11 is 5.95. The summed E-state index contributed by atoms with van der Waals surface area (Å²) in [5.41, 5.74) is 0.923. The fourth-order valence-corrected chi connectivity index (χ4v) is 2.07. The van der Waals surface area contributed by atoms with Gasteiger partial charge in [-0.2, -0.15) is 0 Å². The molecule has 2 N–H and O–H groups in total. The molecule has 0 aliphatic carbocycles. The molecule has 0 spiro atoms. The van der Waals surface area contributed by atoms with Crippen molar-refractivity contribution < 1.29 is 9.90 Å². The van der Waals surface area contributed by atoms with Gasteiger partial charge in [-0.1, -0.05) is 30.7 Å². The van der Waals surface area contributed by atoms with Gasteiger partial charge in [0, 0.05) is 24.1 Å². The van der Waals surface area contributed by atoms with Crippen LogP contribution >= 0.6 is 11.6 Å². The van der Waals surface area contributed by atoms with Crippen molar-refractivity contribution in [2.24, 2.45) is 0 Å². The highest BCUT2D eigenvalue weighted by Crippen LogP contribution is 2.15. The van der Waals surface area contributed by atoms with E-state index in [9.17, 15) is 4.79 Å². The molecule has 5 nitrogen and oxygen atoms in total. The van der Waals surface area contributed by atoms with Crippen molar-refractivity contribution >= 4 is 23.4 Å². The van der Waals surface area contributed by atoms with Crippen molar-refractivity contribution in [1.82, 2.24) is 9.97 Å². The number of hydrogen-bond acceptors (Lipinski definition) is 4. The van der Waals surface area contributed by atoms with Crippen molar-refractivity contribution in [2.45, 2.75) is 19.8 Å². The van der Waals surface area contributed by atoms with Gasteiger partial charge in [0.05, 0.1) is 0 Å². The molecule has 0 saturated heterocycles. The normalized spacial score (nSPS) is 10.4. The van der Waals surface area contributed by atoms with Gasteiger partial charge in [0.15, 0.2) is 5.69 Å². The molecule has 21 heavy (non-hydrogen) atoms. The second-order valence-electron chi connectivity index (χ2n) is 4.59. The summed E-state index contributed by atoms with van der Waals surface area (Å²) in [5.74, 6) is -0.0821. The minimum absolute atomic E-state index is 0.0133. The molecular weight excluding hydrogens is 290 g/mol. The number of rotatable bonds is 6. The third-order valence-corrected chi connectivity index (χ3v) is 3.03. The van der Waals surface area contributed by atoms with E-state index in [1.165, 1.54) is 6.07 Å². The molecule has 0 amide bonds. The molecule has 0 bridgehead atoms. The summed E-state index contributed by atoms with van der Waals surface area (Å²) in [5, 5.41) is 12.8. The van der Waals surface area contributed by atoms with Crippen LogP contribution in [0.15, 0.2) is 30.3 Å². The fourth-order valence-electron chi connectivity index (χ4n) is 1.86. The highest BCUT2D eigenvalue weighted by atomic mass is 35.5. The number of aromatic carboxylic acids is 1. The first kappa shape index (κ1) is 15.3. The van der Waals surface area contributed by atoms with Crippen molar-refractivity contribution in [2.75, 3.05) is 11.9 Å². The highest BCUT2D eigenvalue weighted by molar-refractivity contribution is 6.30. The number of anilines is 1. The van der Waals surface area contributed by atoms with Crippen LogP contribution in [-0.2, 0) is 6.42 Å². The zero-order valence-electron chi connectivity index (χ0n) is 11.6. The lowest BCUT2D eigenvalue weighted by atomic mass is 10.1. The lowest BCUT2D eigenvalue weighted by Crippen LogP contribution is -2.10. The van der Waals surface area contributed by atoms with E-state index in [4.69, 9.17) is 16.7 Å². The summed E-state index contributed by atoms with van der Waals surface area (Å²) in [6.45, 7) is 2.76. The molecule has 0 fully saturated rings. The van der Waals surface area contributed by atoms with Gasteiger partial charge in [-0.3, -0.25) is 0 Å². The highest BCUT2D eigenvalue weighted by Gasteiger charge is 2.11. The van der Waals surface area contributed by atoms with Crippen LogP contribution in [0.2, 0.25) is 5.02 Å². The zero-order chi connectivity index (χ0) is 15.2. The summed E-state index contributed by atoms with van der Waals surface area (Å²) in [6.07, 6.45) is 1.36. The second kappa shape index (κ2) is 7.04. The van der Waals surface area contributed by atoms with Crippen LogP contribution in [0, 0.1) is 0 Å². The second-order valence-corrected chi connectivity index (χ2v) is 5.03. The topological polar surface area (TPSA) is 75.1 Å². The Bertz CT molecular complexity index is 647. The predicted molar refractivity (Wildman–Crippen MR) is 82.0 cm³/mol. The van der Waals surface area contributed by atoms with Crippen LogP contribution in [0.25, 0.3) is 0 Å². The van der Waals surface area contributed by atoms with Crippen LogP contribution in [0.1, 0.15) is 35.2 Å². The standard InChI is InChI=1S/C15H16ClN3O2/c1-2-6-17-13-9-12(15(20)21)18-14(19-13)8-10-4-3-5-11(16)7-10/h3-5,7,9H,2,6,8H2,1H3,(H,20,21)(H,17,18,19). The molecule has 0 aliphatic heterocycles. The minimum atomic E-state index is -1.07. The minimum Gasteiger partial charge on any atom is -0.477 e. The van der Waals surface area contributed by atoms with Crippen molar-refractivity contribution in [1.29, 1.82) is 0 Å². The monoisotopic (exact) mass is 305 g/mol. The Kier molecular flexibility index (Phi) is 5.11. The van der Waals surface area contributed by atoms with E-state index in [0.29, 0.717) is 23.1 Å². The van der Waals surface area contributed by atoms with Gasteiger partial charge in [-0.25, -0.2) is 14.8 Å². The van der Waals surface area contributed by atoms with Crippen LogP contribution in [0.5, 0.6) is 0 Å². The summed E-state index contributed by atoms with van der Waals surface area (Å²) in [7, 11) is 0. The van der Waals surface area contributed by atoms with E-state index < -0.39 is 5.97 Å². The molecule has 2 aromatic rings. The lowest BCUT2D eigenvalue weighted by molar-refractivity contribution is 0.0690. The number of benzene rings is 1.